The molecular formula is C21H36O3. The van der Waals surface area contributed by atoms with Crippen LogP contribution in [0.1, 0.15) is 84.9 Å². The molecule has 0 heterocycles. The van der Waals surface area contributed by atoms with Crippen LogP contribution in [-0.2, 0) is 22.7 Å². The first-order valence-electron chi connectivity index (χ1n) is 9.07. The fraction of sp³-hybridized carbons (Fsp3) is 0.714. The van der Waals surface area contributed by atoms with E-state index in [0.717, 1.165) is 11.3 Å². The van der Waals surface area contributed by atoms with E-state index in [4.69, 9.17) is 14.2 Å². The molecule has 0 aliphatic rings. The lowest BCUT2D eigenvalue weighted by atomic mass is 9.94. The standard InChI is InChI=1S/C21H36O3/c1-14(2)19-10-18(13-23-16(5)6)20(24-21(7,8)9)11-17(19)12-22-15(3)4/h10-11,14-16H,12-13H2,1-9H3. The third kappa shape index (κ3) is 7.23. The number of benzene rings is 1. The van der Waals surface area contributed by atoms with Crippen molar-refractivity contribution < 1.29 is 14.2 Å². The molecule has 0 amide bonds. The summed E-state index contributed by atoms with van der Waals surface area (Å²) in [6, 6.07) is 4.37. The van der Waals surface area contributed by atoms with Crippen LogP contribution in [0.5, 0.6) is 5.75 Å². The second kappa shape index (κ2) is 8.87. The third-order valence-corrected chi connectivity index (χ3v) is 3.50. The van der Waals surface area contributed by atoms with E-state index in [0.29, 0.717) is 19.1 Å². The van der Waals surface area contributed by atoms with Gasteiger partial charge in [0.05, 0.1) is 25.4 Å². The van der Waals surface area contributed by atoms with Crippen molar-refractivity contribution in [3.8, 4) is 5.75 Å². The van der Waals surface area contributed by atoms with E-state index in [-0.39, 0.29) is 17.8 Å². The minimum absolute atomic E-state index is 0.193. The second-order valence-electron chi connectivity index (χ2n) is 8.25. The minimum Gasteiger partial charge on any atom is -0.488 e. The Hall–Kier alpha value is -1.06. The first-order valence-corrected chi connectivity index (χ1v) is 9.07. The fourth-order valence-electron chi connectivity index (χ4n) is 2.40. The van der Waals surface area contributed by atoms with E-state index in [1.165, 1.54) is 11.1 Å². The van der Waals surface area contributed by atoms with Gasteiger partial charge in [0.25, 0.3) is 0 Å². The zero-order valence-electron chi connectivity index (χ0n) is 17.0. The van der Waals surface area contributed by atoms with Gasteiger partial charge in [-0.25, -0.2) is 0 Å². The Balaban J connectivity index is 3.25. The molecule has 3 nitrogen and oxygen atoms in total. The quantitative estimate of drug-likeness (QED) is 0.597. The maximum atomic E-state index is 6.21. The van der Waals surface area contributed by atoms with Crippen LogP contribution in [0, 0.1) is 0 Å². The molecule has 0 aliphatic heterocycles. The molecule has 24 heavy (non-hydrogen) atoms. The SMILES string of the molecule is CC(C)OCc1cc(C(C)C)c(COC(C)C)cc1OC(C)(C)C. The lowest BCUT2D eigenvalue weighted by molar-refractivity contribution is 0.0585. The Bertz CT molecular complexity index is 511. The predicted molar refractivity (Wildman–Crippen MR) is 101 cm³/mol. The van der Waals surface area contributed by atoms with Gasteiger partial charge in [-0.2, -0.15) is 0 Å². The van der Waals surface area contributed by atoms with Crippen LogP contribution in [0.3, 0.4) is 0 Å². The average Bonchev–Trinajstić information content (AvgIpc) is 2.41. The van der Waals surface area contributed by atoms with Crippen molar-refractivity contribution in [2.24, 2.45) is 0 Å². The van der Waals surface area contributed by atoms with Crippen LogP contribution < -0.4 is 4.74 Å². The van der Waals surface area contributed by atoms with Gasteiger partial charge in [0.2, 0.25) is 0 Å². The highest BCUT2D eigenvalue weighted by atomic mass is 16.5. The van der Waals surface area contributed by atoms with Crippen molar-refractivity contribution >= 4 is 0 Å². The van der Waals surface area contributed by atoms with Crippen LogP contribution >= 0.6 is 0 Å². The summed E-state index contributed by atoms with van der Waals surface area (Å²) in [5.74, 6) is 1.33. The maximum absolute atomic E-state index is 6.21. The van der Waals surface area contributed by atoms with E-state index in [1.54, 1.807) is 0 Å². The zero-order chi connectivity index (χ0) is 18.5. The first-order chi connectivity index (χ1) is 11.0. The molecule has 0 saturated heterocycles. The molecule has 0 fully saturated rings. The Morgan fingerprint density at radius 3 is 1.71 bits per heavy atom. The van der Waals surface area contributed by atoms with Crippen LogP contribution in [0.15, 0.2) is 12.1 Å². The van der Waals surface area contributed by atoms with Crippen molar-refractivity contribution in [1.82, 2.24) is 0 Å². The van der Waals surface area contributed by atoms with E-state index in [2.05, 4.69) is 74.4 Å². The highest BCUT2D eigenvalue weighted by Crippen LogP contribution is 2.32. The topological polar surface area (TPSA) is 27.7 Å². The van der Waals surface area contributed by atoms with Crippen molar-refractivity contribution in [2.45, 2.75) is 99.3 Å². The number of ether oxygens (including phenoxy) is 3. The summed E-state index contributed by atoms with van der Waals surface area (Å²) in [7, 11) is 0. The van der Waals surface area contributed by atoms with E-state index in [9.17, 15) is 0 Å². The van der Waals surface area contributed by atoms with Gasteiger partial charge in [-0.1, -0.05) is 13.8 Å². The zero-order valence-corrected chi connectivity index (χ0v) is 17.0. The monoisotopic (exact) mass is 336 g/mol. The van der Waals surface area contributed by atoms with Gasteiger partial charge in [-0.15, -0.1) is 0 Å². The van der Waals surface area contributed by atoms with Gasteiger partial charge in [-0.05, 0) is 77.6 Å². The Labute approximate surface area is 148 Å². The molecule has 1 rings (SSSR count). The van der Waals surface area contributed by atoms with Crippen molar-refractivity contribution in [1.29, 1.82) is 0 Å². The van der Waals surface area contributed by atoms with Crippen LogP contribution in [0.2, 0.25) is 0 Å². The molecule has 0 atom stereocenters. The molecule has 138 valence electrons. The summed E-state index contributed by atoms with van der Waals surface area (Å²) in [5, 5.41) is 0. The summed E-state index contributed by atoms with van der Waals surface area (Å²) in [5.41, 5.74) is 3.36. The summed E-state index contributed by atoms with van der Waals surface area (Å²) in [6.07, 6.45) is 0.403. The van der Waals surface area contributed by atoms with Crippen LogP contribution in [0.4, 0.5) is 0 Å². The smallest absolute Gasteiger partial charge is 0.125 e. The van der Waals surface area contributed by atoms with Gasteiger partial charge < -0.3 is 14.2 Å². The molecule has 0 unspecified atom stereocenters. The summed E-state index contributed by atoms with van der Waals surface area (Å²) >= 11 is 0. The Morgan fingerprint density at radius 1 is 0.792 bits per heavy atom. The fourth-order valence-corrected chi connectivity index (χ4v) is 2.40. The van der Waals surface area contributed by atoms with Gasteiger partial charge in [0.1, 0.15) is 11.4 Å². The lowest BCUT2D eigenvalue weighted by Gasteiger charge is -2.26. The predicted octanol–water partition coefficient (Wildman–Crippen LogP) is 5.84. The Kier molecular flexibility index (Phi) is 7.75. The largest absolute Gasteiger partial charge is 0.488 e. The van der Waals surface area contributed by atoms with E-state index in [1.807, 2.05) is 0 Å². The molecule has 0 N–H and O–H groups in total. The normalized spacial score (nSPS) is 12.5. The van der Waals surface area contributed by atoms with Crippen molar-refractivity contribution in [3.05, 3.63) is 28.8 Å². The van der Waals surface area contributed by atoms with Gasteiger partial charge >= 0.3 is 0 Å². The maximum Gasteiger partial charge on any atom is 0.125 e. The molecule has 0 aromatic heterocycles. The molecule has 0 saturated carbocycles. The molecule has 0 spiro atoms. The molecule has 1 aromatic rings. The number of hydrogen-bond acceptors (Lipinski definition) is 3. The van der Waals surface area contributed by atoms with E-state index < -0.39 is 0 Å². The third-order valence-electron chi connectivity index (χ3n) is 3.50. The van der Waals surface area contributed by atoms with Crippen LogP contribution in [0.25, 0.3) is 0 Å². The van der Waals surface area contributed by atoms with Crippen LogP contribution in [-0.4, -0.2) is 17.8 Å². The average molecular weight is 337 g/mol. The van der Waals surface area contributed by atoms with Gasteiger partial charge in [-0.3, -0.25) is 0 Å². The summed E-state index contributed by atoms with van der Waals surface area (Å²) < 4.78 is 17.9. The van der Waals surface area contributed by atoms with Gasteiger partial charge in [0, 0.05) is 5.56 Å². The lowest BCUT2D eigenvalue weighted by Crippen LogP contribution is -2.24. The van der Waals surface area contributed by atoms with Crippen molar-refractivity contribution in [3.63, 3.8) is 0 Å². The minimum atomic E-state index is -0.248. The molecule has 0 aliphatic carbocycles. The molecule has 0 radical (unpaired) electrons. The second-order valence-corrected chi connectivity index (χ2v) is 8.25. The molecule has 3 heteroatoms. The van der Waals surface area contributed by atoms with Crippen molar-refractivity contribution in [2.75, 3.05) is 0 Å². The highest BCUT2D eigenvalue weighted by Gasteiger charge is 2.19. The Morgan fingerprint density at radius 2 is 1.29 bits per heavy atom. The molecular weight excluding hydrogens is 300 g/mol. The molecule has 0 bridgehead atoms. The highest BCUT2D eigenvalue weighted by molar-refractivity contribution is 5.44. The summed E-state index contributed by atoms with van der Waals surface area (Å²) in [4.78, 5) is 0. The first kappa shape index (κ1) is 21.0. The molecule has 1 aromatic carbocycles. The summed E-state index contributed by atoms with van der Waals surface area (Å²) in [6.45, 7) is 20.0. The van der Waals surface area contributed by atoms with Gasteiger partial charge in [0.15, 0.2) is 0 Å². The van der Waals surface area contributed by atoms with E-state index >= 15 is 0 Å². The number of rotatable bonds is 8. The number of hydrogen-bond donors (Lipinski definition) is 0.